The highest BCUT2D eigenvalue weighted by Gasteiger charge is 2.05. The zero-order chi connectivity index (χ0) is 13.5. The summed E-state index contributed by atoms with van der Waals surface area (Å²) in [5.74, 6) is 0.775. The van der Waals surface area contributed by atoms with Crippen molar-refractivity contribution in [3.05, 3.63) is 60.2 Å². The summed E-state index contributed by atoms with van der Waals surface area (Å²) in [5.41, 5.74) is 2.21. The fourth-order valence-electron chi connectivity index (χ4n) is 1.77. The quantitative estimate of drug-likeness (QED) is 0.836. The van der Waals surface area contributed by atoms with E-state index in [4.69, 9.17) is 4.74 Å². The van der Waals surface area contributed by atoms with E-state index in [2.05, 4.69) is 5.32 Å². The van der Waals surface area contributed by atoms with Crippen molar-refractivity contribution in [2.45, 2.75) is 13.0 Å². The minimum absolute atomic E-state index is 0.281. The van der Waals surface area contributed by atoms with Gasteiger partial charge in [0.15, 0.2) is 0 Å². The Morgan fingerprint density at radius 3 is 2.47 bits per heavy atom. The van der Waals surface area contributed by atoms with Gasteiger partial charge in [0.25, 0.3) is 0 Å². The first kappa shape index (κ1) is 13.4. The molecular formula is C16H19NO2. The highest BCUT2D eigenvalue weighted by Crippen LogP contribution is 2.13. The lowest BCUT2D eigenvalue weighted by Gasteiger charge is -2.15. The van der Waals surface area contributed by atoms with Gasteiger partial charge in [-0.05, 0) is 30.7 Å². The maximum atomic E-state index is 9.88. The van der Waals surface area contributed by atoms with E-state index in [1.807, 2.05) is 61.5 Å². The predicted octanol–water partition coefficient (Wildman–Crippen LogP) is 2.85. The van der Waals surface area contributed by atoms with Crippen LogP contribution in [0, 0.1) is 6.92 Å². The van der Waals surface area contributed by atoms with Crippen LogP contribution in [-0.4, -0.2) is 24.4 Å². The molecule has 0 aliphatic rings. The lowest BCUT2D eigenvalue weighted by molar-refractivity contribution is 0.117. The molecule has 2 aromatic rings. The third-order valence-electron chi connectivity index (χ3n) is 2.86. The molecule has 0 aromatic heterocycles. The molecule has 100 valence electrons. The van der Waals surface area contributed by atoms with Crippen LogP contribution in [0.2, 0.25) is 0 Å². The first-order valence-electron chi connectivity index (χ1n) is 6.41. The summed E-state index contributed by atoms with van der Waals surface area (Å²) in [6.07, 6.45) is -0.542. The fourth-order valence-corrected chi connectivity index (χ4v) is 1.77. The van der Waals surface area contributed by atoms with Crippen LogP contribution in [0.4, 0.5) is 5.69 Å². The number of para-hydroxylation sites is 2. The van der Waals surface area contributed by atoms with Crippen molar-refractivity contribution in [3.8, 4) is 5.75 Å². The van der Waals surface area contributed by atoms with E-state index in [0.29, 0.717) is 6.54 Å². The molecule has 0 saturated carbocycles. The minimum atomic E-state index is -0.542. The van der Waals surface area contributed by atoms with Gasteiger partial charge in [0.05, 0.1) is 0 Å². The lowest BCUT2D eigenvalue weighted by atomic mass is 10.2. The Kier molecular flexibility index (Phi) is 4.81. The number of hydrogen-bond donors (Lipinski definition) is 2. The van der Waals surface area contributed by atoms with Crippen molar-refractivity contribution in [1.82, 2.24) is 0 Å². The van der Waals surface area contributed by atoms with E-state index in [1.165, 1.54) is 5.56 Å². The summed E-state index contributed by atoms with van der Waals surface area (Å²) in [6, 6.07) is 17.5. The normalized spacial score (nSPS) is 11.9. The molecule has 0 fully saturated rings. The molecule has 0 amide bonds. The Balaban J connectivity index is 1.76. The van der Waals surface area contributed by atoms with E-state index < -0.39 is 6.10 Å². The molecule has 1 atom stereocenters. The SMILES string of the molecule is Cc1ccccc1NCC(O)COc1ccccc1. The second kappa shape index (κ2) is 6.81. The lowest BCUT2D eigenvalue weighted by Crippen LogP contribution is -2.26. The molecule has 0 aliphatic carbocycles. The standard InChI is InChI=1S/C16H19NO2/c1-13-7-5-6-10-16(13)17-11-14(18)12-19-15-8-3-2-4-9-15/h2-10,14,17-18H,11-12H2,1H3. The molecular weight excluding hydrogens is 238 g/mol. The van der Waals surface area contributed by atoms with Crippen molar-refractivity contribution in [1.29, 1.82) is 0 Å². The van der Waals surface area contributed by atoms with Crippen molar-refractivity contribution in [3.63, 3.8) is 0 Å². The molecule has 3 nitrogen and oxygen atoms in total. The summed E-state index contributed by atoms with van der Waals surface area (Å²) in [6.45, 7) is 2.79. The van der Waals surface area contributed by atoms with E-state index in [-0.39, 0.29) is 6.61 Å². The number of hydrogen-bond acceptors (Lipinski definition) is 3. The van der Waals surface area contributed by atoms with Gasteiger partial charge in [-0.25, -0.2) is 0 Å². The van der Waals surface area contributed by atoms with Gasteiger partial charge in [0.2, 0.25) is 0 Å². The van der Waals surface area contributed by atoms with Crippen LogP contribution in [-0.2, 0) is 0 Å². The number of nitrogens with one attached hydrogen (secondary N) is 1. The van der Waals surface area contributed by atoms with Gasteiger partial charge < -0.3 is 15.2 Å². The van der Waals surface area contributed by atoms with E-state index in [9.17, 15) is 5.11 Å². The maximum Gasteiger partial charge on any atom is 0.119 e. The van der Waals surface area contributed by atoms with Gasteiger partial charge in [-0.1, -0.05) is 36.4 Å². The van der Waals surface area contributed by atoms with Gasteiger partial charge in [-0.15, -0.1) is 0 Å². The van der Waals surface area contributed by atoms with Crippen LogP contribution in [0.1, 0.15) is 5.56 Å². The number of aliphatic hydroxyl groups is 1. The third kappa shape index (κ3) is 4.30. The summed E-state index contributed by atoms with van der Waals surface area (Å²) in [7, 11) is 0. The monoisotopic (exact) mass is 257 g/mol. The van der Waals surface area contributed by atoms with Gasteiger partial charge in [0, 0.05) is 12.2 Å². The second-order valence-electron chi connectivity index (χ2n) is 4.47. The fraction of sp³-hybridized carbons (Fsp3) is 0.250. The number of anilines is 1. The second-order valence-corrected chi connectivity index (χ2v) is 4.47. The number of rotatable bonds is 6. The van der Waals surface area contributed by atoms with Crippen LogP contribution in [0.3, 0.4) is 0 Å². The van der Waals surface area contributed by atoms with E-state index in [0.717, 1.165) is 11.4 Å². The summed E-state index contributed by atoms with van der Waals surface area (Å²) < 4.78 is 5.50. The number of ether oxygens (including phenoxy) is 1. The van der Waals surface area contributed by atoms with Crippen LogP contribution in [0.5, 0.6) is 5.75 Å². The molecule has 0 radical (unpaired) electrons. The molecule has 19 heavy (non-hydrogen) atoms. The highest BCUT2D eigenvalue weighted by molar-refractivity contribution is 5.50. The van der Waals surface area contributed by atoms with Crippen molar-refractivity contribution >= 4 is 5.69 Å². The Hall–Kier alpha value is -2.00. The molecule has 2 rings (SSSR count). The zero-order valence-electron chi connectivity index (χ0n) is 11.0. The number of aryl methyl sites for hydroxylation is 1. The summed E-state index contributed by atoms with van der Waals surface area (Å²) in [5, 5.41) is 13.1. The Bertz CT molecular complexity index is 499. The number of benzene rings is 2. The van der Waals surface area contributed by atoms with Crippen LogP contribution < -0.4 is 10.1 Å². The molecule has 0 spiro atoms. The smallest absolute Gasteiger partial charge is 0.119 e. The molecule has 3 heteroatoms. The average Bonchev–Trinajstić information content (AvgIpc) is 2.45. The molecule has 0 bridgehead atoms. The van der Waals surface area contributed by atoms with E-state index in [1.54, 1.807) is 0 Å². The van der Waals surface area contributed by atoms with Crippen molar-refractivity contribution < 1.29 is 9.84 Å². The molecule has 1 unspecified atom stereocenters. The highest BCUT2D eigenvalue weighted by atomic mass is 16.5. The maximum absolute atomic E-state index is 9.88. The van der Waals surface area contributed by atoms with Gasteiger partial charge in [-0.2, -0.15) is 0 Å². The zero-order valence-corrected chi connectivity index (χ0v) is 11.0. The molecule has 0 saturated heterocycles. The predicted molar refractivity (Wildman–Crippen MR) is 77.6 cm³/mol. The Morgan fingerprint density at radius 1 is 1.05 bits per heavy atom. The first-order valence-corrected chi connectivity index (χ1v) is 6.41. The molecule has 0 aliphatic heterocycles. The van der Waals surface area contributed by atoms with Gasteiger partial charge >= 0.3 is 0 Å². The Morgan fingerprint density at radius 2 is 1.74 bits per heavy atom. The van der Waals surface area contributed by atoms with Crippen molar-refractivity contribution in [2.75, 3.05) is 18.5 Å². The molecule has 2 N–H and O–H groups in total. The van der Waals surface area contributed by atoms with Crippen molar-refractivity contribution in [2.24, 2.45) is 0 Å². The van der Waals surface area contributed by atoms with Crippen LogP contribution >= 0.6 is 0 Å². The summed E-state index contributed by atoms with van der Waals surface area (Å²) >= 11 is 0. The number of aliphatic hydroxyl groups excluding tert-OH is 1. The molecule has 2 aromatic carbocycles. The largest absolute Gasteiger partial charge is 0.491 e. The Labute approximate surface area is 113 Å². The van der Waals surface area contributed by atoms with Gasteiger partial charge in [-0.3, -0.25) is 0 Å². The van der Waals surface area contributed by atoms with E-state index >= 15 is 0 Å². The van der Waals surface area contributed by atoms with Gasteiger partial charge in [0.1, 0.15) is 18.5 Å². The molecule has 0 heterocycles. The van der Waals surface area contributed by atoms with Crippen LogP contribution in [0.25, 0.3) is 0 Å². The first-order chi connectivity index (χ1) is 9.25. The van der Waals surface area contributed by atoms with Crippen LogP contribution in [0.15, 0.2) is 54.6 Å². The minimum Gasteiger partial charge on any atom is -0.491 e. The summed E-state index contributed by atoms with van der Waals surface area (Å²) in [4.78, 5) is 0. The third-order valence-corrected chi connectivity index (χ3v) is 2.86. The topological polar surface area (TPSA) is 41.5 Å². The average molecular weight is 257 g/mol.